The molecule has 0 saturated carbocycles. The lowest BCUT2D eigenvalue weighted by atomic mass is 10.2. The number of nitrogens with two attached hydrogens (primary N) is 1. The molecule has 110 valence electrons. The smallest absolute Gasteiger partial charge is 0.221 e. The first-order valence-corrected chi connectivity index (χ1v) is 6.59. The van der Waals surface area contributed by atoms with E-state index in [0.717, 1.165) is 17.9 Å². The van der Waals surface area contributed by atoms with Gasteiger partial charge in [-0.3, -0.25) is 4.79 Å². The van der Waals surface area contributed by atoms with Crippen LogP contribution in [-0.2, 0) is 4.79 Å². The minimum absolute atomic E-state index is 0.106. The van der Waals surface area contributed by atoms with Gasteiger partial charge in [0.25, 0.3) is 0 Å². The van der Waals surface area contributed by atoms with Crippen molar-refractivity contribution < 1.29 is 4.79 Å². The molecule has 7 nitrogen and oxygen atoms in total. The monoisotopic (exact) mass is 286 g/mol. The fourth-order valence-corrected chi connectivity index (χ4v) is 1.78. The van der Waals surface area contributed by atoms with E-state index in [1.807, 2.05) is 19.1 Å². The molecule has 0 bridgehead atoms. The van der Waals surface area contributed by atoms with Gasteiger partial charge < -0.3 is 21.7 Å². The molecule has 1 aromatic heterocycles. The molecule has 2 rings (SSSR count). The summed E-state index contributed by atoms with van der Waals surface area (Å²) in [5.74, 6) is 1.03. The van der Waals surface area contributed by atoms with Gasteiger partial charge in [-0.05, 0) is 31.2 Å². The lowest BCUT2D eigenvalue weighted by Crippen LogP contribution is -2.07. The molecule has 0 aliphatic heterocycles. The summed E-state index contributed by atoms with van der Waals surface area (Å²) in [7, 11) is 0. The van der Waals surface area contributed by atoms with Gasteiger partial charge in [0.1, 0.15) is 12.0 Å². The maximum atomic E-state index is 11.0. The van der Waals surface area contributed by atoms with E-state index in [4.69, 9.17) is 5.73 Å². The minimum Gasteiger partial charge on any atom is -0.393 e. The Bertz CT molecular complexity index is 626. The number of hydrogen-bond acceptors (Lipinski definition) is 6. The van der Waals surface area contributed by atoms with Gasteiger partial charge in [0.05, 0.1) is 0 Å². The number of nitrogen functional groups attached to an aromatic ring is 1. The van der Waals surface area contributed by atoms with Crippen molar-refractivity contribution in [3.63, 3.8) is 0 Å². The summed E-state index contributed by atoms with van der Waals surface area (Å²) in [4.78, 5) is 19.2. The van der Waals surface area contributed by atoms with Crippen LogP contribution in [-0.4, -0.2) is 22.4 Å². The minimum atomic E-state index is -0.106. The van der Waals surface area contributed by atoms with E-state index in [2.05, 4.69) is 25.9 Å². The molecule has 0 fully saturated rings. The predicted molar refractivity (Wildman–Crippen MR) is 84.6 cm³/mol. The molecule has 0 atom stereocenters. The van der Waals surface area contributed by atoms with E-state index in [0.29, 0.717) is 17.3 Å². The Labute approximate surface area is 123 Å². The van der Waals surface area contributed by atoms with Crippen LogP contribution in [0, 0.1) is 0 Å². The van der Waals surface area contributed by atoms with Crippen molar-refractivity contribution in [3.8, 4) is 0 Å². The highest BCUT2D eigenvalue weighted by molar-refractivity contribution is 5.89. The fraction of sp³-hybridized carbons (Fsp3) is 0.214. The normalized spacial score (nSPS) is 10.0. The third kappa shape index (κ3) is 3.82. The molecule has 7 heteroatoms. The molecule has 0 aliphatic rings. The Morgan fingerprint density at radius 1 is 1.14 bits per heavy atom. The van der Waals surface area contributed by atoms with E-state index < -0.39 is 0 Å². The van der Waals surface area contributed by atoms with Crippen molar-refractivity contribution in [2.24, 2.45) is 0 Å². The summed E-state index contributed by atoms with van der Waals surface area (Å²) in [5.41, 5.74) is 8.02. The maximum absolute atomic E-state index is 11.0. The average Bonchev–Trinajstić information content (AvgIpc) is 2.45. The molecular weight excluding hydrogens is 268 g/mol. The number of amides is 1. The zero-order chi connectivity index (χ0) is 15.2. The first kappa shape index (κ1) is 14.6. The summed E-state index contributed by atoms with van der Waals surface area (Å²) >= 11 is 0. The zero-order valence-electron chi connectivity index (χ0n) is 12.0. The third-order valence-electron chi connectivity index (χ3n) is 2.70. The van der Waals surface area contributed by atoms with Gasteiger partial charge >= 0.3 is 0 Å². The SMILES string of the molecule is CCNc1ncnc(Nc2ccc(NC(C)=O)cc2)c1N. The van der Waals surface area contributed by atoms with Crippen LogP contribution in [0.1, 0.15) is 13.8 Å². The maximum Gasteiger partial charge on any atom is 0.221 e. The van der Waals surface area contributed by atoms with Crippen LogP contribution >= 0.6 is 0 Å². The van der Waals surface area contributed by atoms with E-state index in [-0.39, 0.29) is 5.91 Å². The Morgan fingerprint density at radius 2 is 1.76 bits per heavy atom. The molecule has 1 amide bonds. The van der Waals surface area contributed by atoms with Crippen LogP contribution in [0.3, 0.4) is 0 Å². The lowest BCUT2D eigenvalue weighted by Gasteiger charge is -2.12. The molecule has 1 heterocycles. The van der Waals surface area contributed by atoms with Crippen molar-refractivity contribution in [2.75, 3.05) is 28.2 Å². The summed E-state index contributed by atoms with van der Waals surface area (Å²) in [6.07, 6.45) is 1.45. The Morgan fingerprint density at radius 3 is 2.38 bits per heavy atom. The summed E-state index contributed by atoms with van der Waals surface area (Å²) < 4.78 is 0. The van der Waals surface area contributed by atoms with Crippen LogP contribution in [0.5, 0.6) is 0 Å². The molecule has 1 aromatic carbocycles. The van der Waals surface area contributed by atoms with Crippen LogP contribution in [0.15, 0.2) is 30.6 Å². The number of rotatable bonds is 5. The van der Waals surface area contributed by atoms with E-state index >= 15 is 0 Å². The topological polar surface area (TPSA) is 105 Å². The largest absolute Gasteiger partial charge is 0.393 e. The number of benzene rings is 1. The number of carbonyl (C=O) groups excluding carboxylic acids is 1. The number of anilines is 5. The fourth-order valence-electron chi connectivity index (χ4n) is 1.78. The van der Waals surface area contributed by atoms with Gasteiger partial charge in [0, 0.05) is 24.8 Å². The van der Waals surface area contributed by atoms with Crippen LogP contribution in [0.4, 0.5) is 28.7 Å². The highest BCUT2D eigenvalue weighted by atomic mass is 16.1. The van der Waals surface area contributed by atoms with Crippen molar-refractivity contribution in [1.82, 2.24) is 9.97 Å². The molecule has 0 spiro atoms. The first-order valence-electron chi connectivity index (χ1n) is 6.59. The van der Waals surface area contributed by atoms with Gasteiger partial charge in [0.15, 0.2) is 11.6 Å². The summed E-state index contributed by atoms with van der Waals surface area (Å²) in [6, 6.07) is 7.26. The molecule has 21 heavy (non-hydrogen) atoms. The first-order chi connectivity index (χ1) is 10.1. The second-order valence-corrected chi connectivity index (χ2v) is 4.40. The van der Waals surface area contributed by atoms with Crippen LogP contribution in [0.2, 0.25) is 0 Å². The van der Waals surface area contributed by atoms with Gasteiger partial charge in [-0.25, -0.2) is 9.97 Å². The Balaban J connectivity index is 2.14. The van der Waals surface area contributed by atoms with Gasteiger partial charge in [0.2, 0.25) is 5.91 Å². The van der Waals surface area contributed by atoms with Crippen LogP contribution in [0.25, 0.3) is 0 Å². The van der Waals surface area contributed by atoms with Crippen molar-refractivity contribution in [3.05, 3.63) is 30.6 Å². The number of carbonyl (C=O) groups is 1. The number of nitrogens with one attached hydrogen (secondary N) is 3. The summed E-state index contributed by atoms with van der Waals surface area (Å²) in [5, 5.41) is 8.90. The number of nitrogens with zero attached hydrogens (tertiary/aromatic N) is 2. The molecule has 0 aliphatic carbocycles. The molecule has 0 radical (unpaired) electrons. The Kier molecular flexibility index (Phi) is 4.55. The molecule has 2 aromatic rings. The van der Waals surface area contributed by atoms with Gasteiger partial charge in [-0.2, -0.15) is 0 Å². The van der Waals surface area contributed by atoms with Crippen LogP contribution < -0.4 is 21.7 Å². The standard InChI is InChI=1S/C14H18N6O/c1-3-16-13-12(15)14(18-8-17-13)20-11-6-4-10(5-7-11)19-9(2)21/h4-8H,3,15H2,1-2H3,(H,19,21)(H2,16,17,18,20). The van der Waals surface area contributed by atoms with Gasteiger partial charge in [-0.1, -0.05) is 0 Å². The van der Waals surface area contributed by atoms with Crippen molar-refractivity contribution in [1.29, 1.82) is 0 Å². The van der Waals surface area contributed by atoms with Crippen molar-refractivity contribution >= 4 is 34.6 Å². The third-order valence-corrected chi connectivity index (χ3v) is 2.70. The predicted octanol–water partition coefficient (Wildman–Crippen LogP) is 2.19. The molecule has 0 saturated heterocycles. The number of aromatic nitrogens is 2. The van der Waals surface area contributed by atoms with E-state index in [1.54, 1.807) is 12.1 Å². The van der Waals surface area contributed by atoms with Gasteiger partial charge in [-0.15, -0.1) is 0 Å². The van der Waals surface area contributed by atoms with Crippen molar-refractivity contribution in [2.45, 2.75) is 13.8 Å². The molecular formula is C14H18N6O. The average molecular weight is 286 g/mol. The molecule has 5 N–H and O–H groups in total. The quantitative estimate of drug-likeness (QED) is 0.671. The summed E-state index contributed by atoms with van der Waals surface area (Å²) in [6.45, 7) is 4.16. The second-order valence-electron chi connectivity index (χ2n) is 4.40. The Hall–Kier alpha value is -2.83. The highest BCUT2D eigenvalue weighted by Crippen LogP contribution is 2.26. The second kappa shape index (κ2) is 6.56. The zero-order valence-corrected chi connectivity index (χ0v) is 12.0. The number of hydrogen-bond donors (Lipinski definition) is 4. The van der Waals surface area contributed by atoms with E-state index in [1.165, 1.54) is 13.3 Å². The highest BCUT2D eigenvalue weighted by Gasteiger charge is 2.07. The molecule has 0 unspecified atom stereocenters. The van der Waals surface area contributed by atoms with E-state index in [9.17, 15) is 4.79 Å². The lowest BCUT2D eigenvalue weighted by molar-refractivity contribution is -0.114.